The molecule has 0 atom stereocenters. The number of amides is 1. The van der Waals surface area contributed by atoms with Crippen molar-refractivity contribution in [3.05, 3.63) is 29.8 Å². The Labute approximate surface area is 131 Å². The Morgan fingerprint density at radius 2 is 1.86 bits per heavy atom. The van der Waals surface area contributed by atoms with E-state index in [-0.39, 0.29) is 16.9 Å². The lowest BCUT2D eigenvalue weighted by atomic mass is 9.94. The summed E-state index contributed by atoms with van der Waals surface area (Å²) in [6, 6.07) is 7.99. The van der Waals surface area contributed by atoms with Crippen LogP contribution in [-0.4, -0.2) is 43.1 Å². The molecule has 1 N–H and O–H groups in total. The highest BCUT2D eigenvalue weighted by molar-refractivity contribution is 5.92. The summed E-state index contributed by atoms with van der Waals surface area (Å²) in [5, 5.41) is 3.38. The SMILES string of the molecule is COc1ccc(C2(C(=O)NC3(CN4CCC4)CC3)CC2)cc1. The van der Waals surface area contributed by atoms with Crippen molar-refractivity contribution in [3.8, 4) is 5.75 Å². The smallest absolute Gasteiger partial charge is 0.231 e. The second kappa shape index (κ2) is 4.98. The summed E-state index contributed by atoms with van der Waals surface area (Å²) in [6.07, 6.45) is 5.50. The lowest BCUT2D eigenvalue weighted by Gasteiger charge is -2.35. The molecule has 0 aromatic heterocycles. The summed E-state index contributed by atoms with van der Waals surface area (Å²) in [5.74, 6) is 1.08. The first-order valence-electron chi connectivity index (χ1n) is 8.35. The zero-order chi connectivity index (χ0) is 15.2. The number of hydrogen-bond donors (Lipinski definition) is 1. The number of carbonyl (C=O) groups is 1. The first-order valence-corrected chi connectivity index (χ1v) is 8.35. The van der Waals surface area contributed by atoms with E-state index in [4.69, 9.17) is 4.74 Å². The molecule has 2 aliphatic carbocycles. The second-order valence-electron chi connectivity index (χ2n) is 7.17. The lowest BCUT2D eigenvalue weighted by Crippen LogP contribution is -2.52. The van der Waals surface area contributed by atoms with E-state index in [2.05, 4.69) is 10.2 Å². The molecule has 1 heterocycles. The number of hydrogen-bond acceptors (Lipinski definition) is 3. The molecule has 4 nitrogen and oxygen atoms in total. The van der Waals surface area contributed by atoms with Crippen LogP contribution in [0.2, 0.25) is 0 Å². The van der Waals surface area contributed by atoms with Gasteiger partial charge in [-0.2, -0.15) is 0 Å². The van der Waals surface area contributed by atoms with Gasteiger partial charge in [-0.25, -0.2) is 0 Å². The fraction of sp³-hybridized carbons (Fsp3) is 0.611. The number of nitrogens with zero attached hydrogens (tertiary/aromatic N) is 1. The number of methoxy groups -OCH3 is 1. The quantitative estimate of drug-likeness (QED) is 0.874. The van der Waals surface area contributed by atoms with E-state index >= 15 is 0 Å². The molecule has 3 aliphatic rings. The third-order valence-corrected chi connectivity index (χ3v) is 5.53. The minimum absolute atomic E-state index is 0.0690. The van der Waals surface area contributed by atoms with Crippen LogP contribution in [0.4, 0.5) is 0 Å². The molecule has 1 aromatic carbocycles. The fourth-order valence-electron chi connectivity index (χ4n) is 3.48. The van der Waals surface area contributed by atoms with E-state index in [1.165, 1.54) is 19.5 Å². The highest BCUT2D eigenvalue weighted by Gasteiger charge is 2.55. The third kappa shape index (κ3) is 2.39. The van der Waals surface area contributed by atoms with Crippen molar-refractivity contribution < 1.29 is 9.53 Å². The molecule has 22 heavy (non-hydrogen) atoms. The van der Waals surface area contributed by atoms with E-state index in [1.54, 1.807) is 7.11 Å². The normalized spacial score (nSPS) is 24.2. The number of likely N-dealkylation sites (tertiary alicyclic amines) is 1. The average molecular weight is 300 g/mol. The van der Waals surface area contributed by atoms with Crippen molar-refractivity contribution in [2.24, 2.45) is 0 Å². The molecule has 0 unspecified atom stereocenters. The Bertz CT molecular complexity index is 569. The van der Waals surface area contributed by atoms with Gasteiger partial charge in [-0.3, -0.25) is 4.79 Å². The maximum absolute atomic E-state index is 12.9. The van der Waals surface area contributed by atoms with Crippen molar-refractivity contribution in [2.75, 3.05) is 26.7 Å². The molecule has 1 saturated heterocycles. The maximum atomic E-state index is 12.9. The van der Waals surface area contributed by atoms with Crippen LogP contribution in [0.1, 0.15) is 37.7 Å². The Balaban J connectivity index is 1.44. The van der Waals surface area contributed by atoms with Crippen LogP contribution in [0, 0.1) is 0 Å². The van der Waals surface area contributed by atoms with Gasteiger partial charge in [0.2, 0.25) is 5.91 Å². The molecule has 0 bridgehead atoms. The van der Waals surface area contributed by atoms with Crippen LogP contribution < -0.4 is 10.1 Å². The van der Waals surface area contributed by atoms with Gasteiger partial charge in [0.05, 0.1) is 18.1 Å². The Kier molecular flexibility index (Phi) is 3.19. The van der Waals surface area contributed by atoms with Crippen LogP contribution in [0.15, 0.2) is 24.3 Å². The van der Waals surface area contributed by atoms with Gasteiger partial charge < -0.3 is 15.0 Å². The number of rotatable bonds is 6. The number of ether oxygens (including phenoxy) is 1. The van der Waals surface area contributed by atoms with Crippen LogP contribution >= 0.6 is 0 Å². The lowest BCUT2D eigenvalue weighted by molar-refractivity contribution is -0.124. The zero-order valence-corrected chi connectivity index (χ0v) is 13.2. The Morgan fingerprint density at radius 3 is 2.32 bits per heavy atom. The number of benzene rings is 1. The molecule has 1 aromatic rings. The first-order chi connectivity index (χ1) is 10.7. The molecule has 0 spiro atoms. The highest BCUT2D eigenvalue weighted by Crippen LogP contribution is 2.50. The van der Waals surface area contributed by atoms with E-state index < -0.39 is 0 Å². The number of carbonyl (C=O) groups excluding carboxylic acids is 1. The average Bonchev–Trinajstić information content (AvgIpc) is 3.39. The highest BCUT2D eigenvalue weighted by atomic mass is 16.5. The molecular weight excluding hydrogens is 276 g/mol. The molecule has 4 rings (SSSR count). The summed E-state index contributed by atoms with van der Waals surface area (Å²) in [7, 11) is 1.67. The summed E-state index contributed by atoms with van der Waals surface area (Å²) < 4.78 is 5.21. The molecule has 4 heteroatoms. The Morgan fingerprint density at radius 1 is 1.18 bits per heavy atom. The predicted molar refractivity (Wildman–Crippen MR) is 85.1 cm³/mol. The minimum atomic E-state index is -0.281. The first kappa shape index (κ1) is 14.1. The molecule has 118 valence electrons. The van der Waals surface area contributed by atoms with Crippen LogP contribution in [0.25, 0.3) is 0 Å². The molecule has 0 radical (unpaired) electrons. The van der Waals surface area contributed by atoms with Crippen molar-refractivity contribution in [3.63, 3.8) is 0 Å². The molecule has 2 saturated carbocycles. The van der Waals surface area contributed by atoms with Crippen molar-refractivity contribution in [1.29, 1.82) is 0 Å². The maximum Gasteiger partial charge on any atom is 0.231 e. The molecular formula is C18H24N2O2. The summed E-state index contributed by atoms with van der Waals surface area (Å²) in [5.41, 5.74) is 0.918. The van der Waals surface area contributed by atoms with Gasteiger partial charge in [-0.15, -0.1) is 0 Å². The van der Waals surface area contributed by atoms with Crippen LogP contribution in [0.3, 0.4) is 0 Å². The standard InChI is InChI=1S/C18H24N2O2/c1-22-15-5-3-14(4-6-15)18(9-10-18)16(21)19-17(7-8-17)13-20-11-2-12-20/h3-6H,2,7-13H2,1H3,(H,19,21). The van der Waals surface area contributed by atoms with Crippen LogP contribution in [0.5, 0.6) is 5.75 Å². The molecule has 1 amide bonds. The van der Waals surface area contributed by atoms with Crippen LogP contribution in [-0.2, 0) is 10.2 Å². The van der Waals surface area contributed by atoms with Gasteiger partial charge in [0.25, 0.3) is 0 Å². The number of nitrogens with one attached hydrogen (secondary N) is 1. The Hall–Kier alpha value is -1.55. The van der Waals surface area contributed by atoms with Gasteiger partial charge in [0.1, 0.15) is 5.75 Å². The van der Waals surface area contributed by atoms with Crippen molar-refractivity contribution in [2.45, 2.75) is 43.1 Å². The fourth-order valence-corrected chi connectivity index (χ4v) is 3.48. The van der Waals surface area contributed by atoms with Gasteiger partial charge in [0.15, 0.2) is 0 Å². The van der Waals surface area contributed by atoms with Gasteiger partial charge >= 0.3 is 0 Å². The van der Waals surface area contributed by atoms with Crippen molar-refractivity contribution in [1.82, 2.24) is 10.2 Å². The summed E-state index contributed by atoms with van der Waals surface area (Å²) in [6.45, 7) is 3.43. The molecule has 3 fully saturated rings. The van der Waals surface area contributed by atoms with E-state index in [9.17, 15) is 4.79 Å². The van der Waals surface area contributed by atoms with Gasteiger partial charge in [-0.1, -0.05) is 12.1 Å². The van der Waals surface area contributed by atoms with Gasteiger partial charge in [-0.05, 0) is 62.9 Å². The zero-order valence-electron chi connectivity index (χ0n) is 13.2. The summed E-state index contributed by atoms with van der Waals surface area (Å²) >= 11 is 0. The molecule has 1 aliphatic heterocycles. The van der Waals surface area contributed by atoms with E-state index in [1.807, 2.05) is 24.3 Å². The topological polar surface area (TPSA) is 41.6 Å². The minimum Gasteiger partial charge on any atom is -0.497 e. The third-order valence-electron chi connectivity index (χ3n) is 5.53. The summed E-state index contributed by atoms with van der Waals surface area (Å²) in [4.78, 5) is 15.3. The van der Waals surface area contributed by atoms with E-state index in [0.29, 0.717) is 0 Å². The monoisotopic (exact) mass is 300 g/mol. The van der Waals surface area contributed by atoms with E-state index in [0.717, 1.165) is 43.5 Å². The van der Waals surface area contributed by atoms with Gasteiger partial charge in [0, 0.05) is 6.54 Å². The van der Waals surface area contributed by atoms with Crippen molar-refractivity contribution >= 4 is 5.91 Å². The second-order valence-corrected chi connectivity index (χ2v) is 7.17. The largest absolute Gasteiger partial charge is 0.497 e. The predicted octanol–water partition coefficient (Wildman–Crippen LogP) is 2.08.